The molecule has 2 aromatic rings. The zero-order chi connectivity index (χ0) is 20.4. The van der Waals surface area contributed by atoms with Crippen LogP contribution < -0.4 is 4.74 Å². The van der Waals surface area contributed by atoms with Gasteiger partial charge in [-0.15, -0.1) is 5.10 Å². The van der Waals surface area contributed by atoms with Crippen molar-refractivity contribution in [2.45, 2.75) is 37.6 Å². The number of benzene rings is 1. The SMILES string of the molecule is COc1nc(C(=O)N2CCCC23CCCN(CCc2ccccc2)C3=O)nn1C. The van der Waals surface area contributed by atoms with Gasteiger partial charge in [0.05, 0.1) is 7.11 Å². The van der Waals surface area contributed by atoms with E-state index in [-0.39, 0.29) is 23.6 Å². The van der Waals surface area contributed by atoms with Crippen LogP contribution in [-0.4, -0.2) is 68.7 Å². The fourth-order valence-electron chi connectivity index (χ4n) is 4.60. The van der Waals surface area contributed by atoms with Crippen molar-refractivity contribution in [3.63, 3.8) is 0 Å². The van der Waals surface area contributed by atoms with E-state index in [4.69, 9.17) is 4.74 Å². The molecule has 2 aliphatic rings. The number of carbonyl (C=O) groups excluding carboxylic acids is 2. The second-order valence-electron chi connectivity index (χ2n) is 7.77. The van der Waals surface area contributed by atoms with Gasteiger partial charge in [-0.2, -0.15) is 4.98 Å². The van der Waals surface area contributed by atoms with Gasteiger partial charge in [-0.1, -0.05) is 30.3 Å². The molecule has 1 aromatic carbocycles. The Balaban J connectivity index is 1.53. The number of piperidine rings is 1. The number of nitrogens with zero attached hydrogens (tertiary/aromatic N) is 5. The molecule has 0 radical (unpaired) electrons. The number of ether oxygens (including phenoxy) is 1. The van der Waals surface area contributed by atoms with E-state index in [0.717, 1.165) is 25.8 Å². The fourth-order valence-corrected chi connectivity index (χ4v) is 4.60. The zero-order valence-corrected chi connectivity index (χ0v) is 17.0. The molecule has 1 spiro atoms. The van der Waals surface area contributed by atoms with Gasteiger partial charge in [0.15, 0.2) is 0 Å². The first kappa shape index (κ1) is 19.4. The summed E-state index contributed by atoms with van der Waals surface area (Å²) in [5.41, 5.74) is 0.447. The first-order chi connectivity index (χ1) is 14.0. The average Bonchev–Trinajstić information content (AvgIpc) is 3.33. The molecule has 2 amide bonds. The second-order valence-corrected chi connectivity index (χ2v) is 7.77. The van der Waals surface area contributed by atoms with Gasteiger partial charge in [0, 0.05) is 26.7 Å². The lowest BCUT2D eigenvalue weighted by Gasteiger charge is -2.44. The number of carbonyl (C=O) groups is 2. The first-order valence-electron chi connectivity index (χ1n) is 10.2. The third kappa shape index (κ3) is 3.47. The summed E-state index contributed by atoms with van der Waals surface area (Å²) in [5, 5.41) is 4.19. The molecular formula is C21H27N5O3. The third-order valence-corrected chi connectivity index (χ3v) is 6.05. The Hall–Kier alpha value is -2.90. The van der Waals surface area contributed by atoms with Crippen molar-refractivity contribution in [1.82, 2.24) is 24.6 Å². The quantitative estimate of drug-likeness (QED) is 0.767. The minimum Gasteiger partial charge on any atom is -0.467 e. The van der Waals surface area contributed by atoms with Gasteiger partial charge >= 0.3 is 6.01 Å². The summed E-state index contributed by atoms with van der Waals surface area (Å²) in [6.45, 7) is 1.96. The second kappa shape index (κ2) is 7.85. The Morgan fingerprint density at radius 2 is 1.90 bits per heavy atom. The molecule has 29 heavy (non-hydrogen) atoms. The minimum absolute atomic E-state index is 0.0634. The Morgan fingerprint density at radius 1 is 1.17 bits per heavy atom. The van der Waals surface area contributed by atoms with Gasteiger partial charge in [-0.25, -0.2) is 4.68 Å². The molecule has 8 nitrogen and oxygen atoms in total. The summed E-state index contributed by atoms with van der Waals surface area (Å²) in [5.74, 6) is -0.145. The number of aromatic nitrogens is 3. The summed E-state index contributed by atoms with van der Waals surface area (Å²) in [4.78, 5) is 34.5. The van der Waals surface area contributed by atoms with Crippen LogP contribution in [0.2, 0.25) is 0 Å². The van der Waals surface area contributed by atoms with Gasteiger partial charge < -0.3 is 14.5 Å². The standard InChI is InChI=1S/C21H27N5O3/c1-24-20(29-2)22-17(23-24)18(27)26-14-7-12-21(26)11-6-13-25(19(21)28)15-10-16-8-4-3-5-9-16/h3-5,8-9H,6-7,10-15H2,1-2H3. The van der Waals surface area contributed by atoms with Crippen molar-refractivity contribution in [2.24, 2.45) is 7.05 Å². The van der Waals surface area contributed by atoms with Crippen molar-refractivity contribution in [2.75, 3.05) is 26.7 Å². The van der Waals surface area contributed by atoms with Crippen LogP contribution in [0.15, 0.2) is 30.3 Å². The van der Waals surface area contributed by atoms with Crippen LogP contribution in [0.1, 0.15) is 41.9 Å². The van der Waals surface area contributed by atoms with Gasteiger partial charge in [-0.3, -0.25) is 9.59 Å². The number of hydrogen-bond donors (Lipinski definition) is 0. The summed E-state index contributed by atoms with van der Waals surface area (Å²) < 4.78 is 6.57. The number of aryl methyl sites for hydroxylation is 1. The first-order valence-corrected chi connectivity index (χ1v) is 10.2. The maximum Gasteiger partial charge on any atom is 0.314 e. The van der Waals surface area contributed by atoms with Crippen LogP contribution >= 0.6 is 0 Å². The van der Waals surface area contributed by atoms with Crippen molar-refractivity contribution in [3.8, 4) is 6.01 Å². The smallest absolute Gasteiger partial charge is 0.314 e. The molecular weight excluding hydrogens is 370 g/mol. The van der Waals surface area contributed by atoms with Crippen molar-refractivity contribution < 1.29 is 14.3 Å². The zero-order valence-electron chi connectivity index (χ0n) is 17.0. The number of likely N-dealkylation sites (tertiary alicyclic amines) is 2. The van der Waals surface area contributed by atoms with E-state index >= 15 is 0 Å². The number of rotatable bonds is 5. The number of hydrogen-bond acceptors (Lipinski definition) is 5. The van der Waals surface area contributed by atoms with Crippen LogP contribution in [0.4, 0.5) is 0 Å². The van der Waals surface area contributed by atoms with E-state index in [1.54, 1.807) is 11.9 Å². The molecule has 3 heterocycles. The summed E-state index contributed by atoms with van der Waals surface area (Å²) in [6, 6.07) is 10.5. The summed E-state index contributed by atoms with van der Waals surface area (Å²) >= 11 is 0. The van der Waals surface area contributed by atoms with Gasteiger partial charge in [0.25, 0.3) is 5.91 Å². The lowest BCUT2D eigenvalue weighted by molar-refractivity contribution is -0.145. The highest BCUT2D eigenvalue weighted by Crippen LogP contribution is 2.39. The lowest BCUT2D eigenvalue weighted by atomic mass is 9.85. The lowest BCUT2D eigenvalue weighted by Crippen LogP contribution is -2.61. The van der Waals surface area contributed by atoms with E-state index in [9.17, 15) is 9.59 Å². The number of methoxy groups -OCH3 is 1. The molecule has 2 aliphatic heterocycles. The molecule has 1 unspecified atom stereocenters. The maximum absolute atomic E-state index is 13.5. The maximum atomic E-state index is 13.5. The molecule has 0 bridgehead atoms. The fraction of sp³-hybridized carbons (Fsp3) is 0.524. The van der Waals surface area contributed by atoms with Gasteiger partial charge in [0.2, 0.25) is 11.7 Å². The van der Waals surface area contributed by atoms with Crippen LogP contribution in [0.5, 0.6) is 6.01 Å². The van der Waals surface area contributed by atoms with E-state index in [0.29, 0.717) is 25.9 Å². The normalized spacial score (nSPS) is 21.8. The van der Waals surface area contributed by atoms with Crippen molar-refractivity contribution >= 4 is 11.8 Å². The van der Waals surface area contributed by atoms with E-state index in [1.807, 2.05) is 23.1 Å². The minimum atomic E-state index is -0.765. The molecule has 1 atom stereocenters. The Bertz CT molecular complexity index is 897. The van der Waals surface area contributed by atoms with Crippen molar-refractivity contribution in [1.29, 1.82) is 0 Å². The molecule has 2 saturated heterocycles. The van der Waals surface area contributed by atoms with E-state index in [2.05, 4.69) is 22.2 Å². The predicted molar refractivity (Wildman–Crippen MR) is 107 cm³/mol. The predicted octanol–water partition coefficient (Wildman–Crippen LogP) is 1.66. The molecule has 8 heteroatoms. The highest BCUT2D eigenvalue weighted by atomic mass is 16.5. The summed E-state index contributed by atoms with van der Waals surface area (Å²) in [7, 11) is 3.17. The highest BCUT2D eigenvalue weighted by molar-refractivity contribution is 5.98. The molecule has 0 aliphatic carbocycles. The largest absolute Gasteiger partial charge is 0.467 e. The Morgan fingerprint density at radius 3 is 2.59 bits per heavy atom. The van der Waals surface area contributed by atoms with Gasteiger partial charge in [0.1, 0.15) is 5.54 Å². The molecule has 0 saturated carbocycles. The summed E-state index contributed by atoms with van der Waals surface area (Å²) in [6.07, 6.45) is 3.92. The van der Waals surface area contributed by atoms with Crippen LogP contribution in [0.25, 0.3) is 0 Å². The Kier molecular flexibility index (Phi) is 5.25. The van der Waals surface area contributed by atoms with E-state index in [1.165, 1.54) is 17.4 Å². The average molecular weight is 397 g/mol. The topological polar surface area (TPSA) is 80.6 Å². The van der Waals surface area contributed by atoms with Crippen LogP contribution in [0.3, 0.4) is 0 Å². The van der Waals surface area contributed by atoms with Crippen molar-refractivity contribution in [3.05, 3.63) is 41.7 Å². The molecule has 154 valence electrons. The van der Waals surface area contributed by atoms with Crippen LogP contribution in [0, 0.1) is 0 Å². The monoisotopic (exact) mass is 397 g/mol. The van der Waals surface area contributed by atoms with Gasteiger partial charge in [-0.05, 0) is 37.7 Å². The highest BCUT2D eigenvalue weighted by Gasteiger charge is 2.53. The van der Waals surface area contributed by atoms with E-state index < -0.39 is 5.54 Å². The number of amides is 2. The molecule has 2 fully saturated rings. The molecule has 0 N–H and O–H groups in total. The molecule has 4 rings (SSSR count). The van der Waals surface area contributed by atoms with Crippen LogP contribution in [-0.2, 0) is 18.3 Å². The third-order valence-electron chi connectivity index (χ3n) is 6.05. The Labute approximate surface area is 170 Å². The molecule has 1 aromatic heterocycles.